The maximum atomic E-state index is 13.1. The summed E-state index contributed by atoms with van der Waals surface area (Å²) in [6.45, 7) is 5.99. The topological polar surface area (TPSA) is 43.9 Å². The first kappa shape index (κ1) is 21.4. The third kappa shape index (κ3) is 5.63. The minimum Gasteiger partial charge on any atom is -0.342 e. The van der Waals surface area contributed by atoms with E-state index in [1.165, 1.54) is 32.4 Å². The van der Waals surface area contributed by atoms with Crippen LogP contribution in [0.2, 0.25) is 0 Å². The predicted molar refractivity (Wildman–Crippen MR) is 119 cm³/mol. The fourth-order valence-electron chi connectivity index (χ4n) is 5.41. The summed E-state index contributed by atoms with van der Waals surface area (Å²) in [5.74, 6) is 0.994. The lowest BCUT2D eigenvalue weighted by molar-refractivity contribution is -0.137. The smallest absolute Gasteiger partial charge is 0.226 e. The van der Waals surface area contributed by atoms with Crippen LogP contribution in [0.4, 0.5) is 0 Å². The Morgan fingerprint density at radius 1 is 0.800 bits per heavy atom. The molecule has 0 unspecified atom stereocenters. The number of hydrogen-bond donors (Lipinski definition) is 0. The summed E-state index contributed by atoms with van der Waals surface area (Å²) in [7, 11) is 0. The molecule has 0 N–H and O–H groups in total. The van der Waals surface area contributed by atoms with Crippen LogP contribution in [0, 0.1) is 5.92 Å². The largest absolute Gasteiger partial charge is 0.342 e. The van der Waals surface area contributed by atoms with Gasteiger partial charge in [0.2, 0.25) is 11.8 Å². The molecule has 164 valence electrons. The van der Waals surface area contributed by atoms with E-state index in [4.69, 9.17) is 0 Å². The highest BCUT2D eigenvalue weighted by molar-refractivity contribution is 5.79. The van der Waals surface area contributed by atoms with Crippen LogP contribution in [0.3, 0.4) is 0 Å². The summed E-state index contributed by atoms with van der Waals surface area (Å²) in [6, 6.07) is 10.4. The molecule has 3 saturated heterocycles. The molecule has 30 heavy (non-hydrogen) atoms. The van der Waals surface area contributed by atoms with Crippen molar-refractivity contribution in [2.24, 2.45) is 5.92 Å². The Labute approximate surface area is 181 Å². The quantitative estimate of drug-likeness (QED) is 0.721. The van der Waals surface area contributed by atoms with E-state index in [1.807, 2.05) is 35.2 Å². The monoisotopic (exact) mass is 411 g/mol. The van der Waals surface area contributed by atoms with Gasteiger partial charge in [-0.15, -0.1) is 0 Å². The highest BCUT2D eigenvalue weighted by Crippen LogP contribution is 2.26. The Hall–Kier alpha value is -1.88. The van der Waals surface area contributed by atoms with E-state index >= 15 is 0 Å². The first-order valence-corrected chi connectivity index (χ1v) is 12.0. The van der Waals surface area contributed by atoms with Crippen LogP contribution in [0.5, 0.6) is 0 Å². The number of piperidine rings is 2. The number of carbonyl (C=O) groups excluding carboxylic acids is 2. The second-order valence-corrected chi connectivity index (χ2v) is 9.44. The molecule has 0 spiro atoms. The van der Waals surface area contributed by atoms with Crippen molar-refractivity contribution >= 4 is 11.8 Å². The molecule has 5 nitrogen and oxygen atoms in total. The minimum absolute atomic E-state index is 0.215. The highest BCUT2D eigenvalue weighted by atomic mass is 16.2. The maximum Gasteiger partial charge on any atom is 0.226 e. The SMILES string of the molecule is O=C(Cc1ccccc1)N1CCC(CC(=O)N2CCCC[C@H]2CN2CCCC2)CC1. The number of carbonyl (C=O) groups is 2. The lowest BCUT2D eigenvalue weighted by atomic mass is 9.91. The van der Waals surface area contributed by atoms with Crippen molar-refractivity contribution < 1.29 is 9.59 Å². The van der Waals surface area contributed by atoms with Gasteiger partial charge in [-0.3, -0.25) is 9.59 Å². The Morgan fingerprint density at radius 2 is 1.50 bits per heavy atom. The molecular weight excluding hydrogens is 374 g/mol. The third-order valence-electron chi connectivity index (χ3n) is 7.24. The van der Waals surface area contributed by atoms with Gasteiger partial charge in [-0.1, -0.05) is 30.3 Å². The van der Waals surface area contributed by atoms with E-state index in [-0.39, 0.29) is 5.91 Å². The molecule has 0 aliphatic carbocycles. The number of hydrogen-bond acceptors (Lipinski definition) is 3. The second kappa shape index (κ2) is 10.4. The summed E-state index contributed by atoms with van der Waals surface area (Å²) in [5.41, 5.74) is 1.08. The lowest BCUT2D eigenvalue weighted by Gasteiger charge is -2.39. The number of likely N-dealkylation sites (tertiary alicyclic amines) is 3. The molecule has 0 radical (unpaired) electrons. The molecule has 0 bridgehead atoms. The zero-order valence-corrected chi connectivity index (χ0v) is 18.3. The Kier molecular flexibility index (Phi) is 7.42. The molecule has 3 aliphatic heterocycles. The molecular formula is C25H37N3O2. The molecule has 0 saturated carbocycles. The molecule has 1 atom stereocenters. The van der Waals surface area contributed by atoms with Gasteiger partial charge in [-0.05, 0) is 69.5 Å². The van der Waals surface area contributed by atoms with Gasteiger partial charge >= 0.3 is 0 Å². The van der Waals surface area contributed by atoms with Crippen molar-refractivity contribution in [2.45, 2.75) is 63.8 Å². The van der Waals surface area contributed by atoms with Crippen molar-refractivity contribution in [1.82, 2.24) is 14.7 Å². The Balaban J connectivity index is 1.23. The number of amides is 2. The standard InChI is InChI=1S/C25H37N3O2/c29-24(18-21-8-2-1-3-9-21)27-16-11-22(12-17-27)19-25(30)28-15-5-4-10-23(28)20-26-13-6-7-14-26/h1-3,8-9,22-23H,4-7,10-20H2/t23-/m0/s1. The maximum absolute atomic E-state index is 13.1. The first-order chi connectivity index (χ1) is 14.7. The van der Waals surface area contributed by atoms with Gasteiger partial charge in [0.1, 0.15) is 0 Å². The third-order valence-corrected chi connectivity index (χ3v) is 7.24. The molecule has 0 aromatic heterocycles. The zero-order chi connectivity index (χ0) is 20.8. The van der Waals surface area contributed by atoms with E-state index in [2.05, 4.69) is 9.80 Å². The van der Waals surface area contributed by atoms with Crippen LogP contribution in [-0.4, -0.2) is 71.8 Å². The van der Waals surface area contributed by atoms with Crippen LogP contribution in [-0.2, 0) is 16.0 Å². The number of rotatable bonds is 6. The normalized spacial score (nSPS) is 23.7. The van der Waals surface area contributed by atoms with Crippen LogP contribution >= 0.6 is 0 Å². The van der Waals surface area contributed by atoms with Crippen LogP contribution in [0.15, 0.2) is 30.3 Å². The van der Waals surface area contributed by atoms with E-state index in [0.29, 0.717) is 30.7 Å². The molecule has 1 aromatic rings. The van der Waals surface area contributed by atoms with Crippen molar-refractivity contribution in [3.05, 3.63) is 35.9 Å². The average Bonchev–Trinajstić information content (AvgIpc) is 3.28. The average molecular weight is 412 g/mol. The van der Waals surface area contributed by atoms with Gasteiger partial charge in [0, 0.05) is 38.6 Å². The number of benzene rings is 1. The second-order valence-electron chi connectivity index (χ2n) is 9.44. The van der Waals surface area contributed by atoms with Gasteiger partial charge in [0.25, 0.3) is 0 Å². The fraction of sp³-hybridized carbons (Fsp3) is 0.680. The fourth-order valence-corrected chi connectivity index (χ4v) is 5.41. The molecule has 4 rings (SSSR count). The van der Waals surface area contributed by atoms with Crippen molar-refractivity contribution in [3.8, 4) is 0 Å². The first-order valence-electron chi connectivity index (χ1n) is 12.0. The summed E-state index contributed by atoms with van der Waals surface area (Å²) < 4.78 is 0. The van der Waals surface area contributed by atoms with Crippen LogP contribution < -0.4 is 0 Å². The van der Waals surface area contributed by atoms with E-state index < -0.39 is 0 Å². The lowest BCUT2D eigenvalue weighted by Crippen LogP contribution is -2.49. The summed E-state index contributed by atoms with van der Waals surface area (Å²) in [5, 5.41) is 0. The van der Waals surface area contributed by atoms with E-state index in [9.17, 15) is 9.59 Å². The molecule has 2 amide bonds. The Bertz CT molecular complexity index is 694. The van der Waals surface area contributed by atoms with Gasteiger partial charge in [0.15, 0.2) is 0 Å². The van der Waals surface area contributed by atoms with Gasteiger partial charge < -0.3 is 14.7 Å². The molecule has 3 heterocycles. The van der Waals surface area contributed by atoms with Crippen LogP contribution in [0.1, 0.15) is 56.9 Å². The van der Waals surface area contributed by atoms with Crippen molar-refractivity contribution in [1.29, 1.82) is 0 Å². The molecule has 3 aliphatic rings. The minimum atomic E-state index is 0.215. The predicted octanol–water partition coefficient (Wildman–Crippen LogP) is 3.33. The van der Waals surface area contributed by atoms with Gasteiger partial charge in [-0.25, -0.2) is 0 Å². The summed E-state index contributed by atoms with van der Waals surface area (Å²) in [6.07, 6.45) is 9.24. The van der Waals surface area contributed by atoms with E-state index in [0.717, 1.165) is 57.4 Å². The molecule has 3 fully saturated rings. The summed E-state index contributed by atoms with van der Waals surface area (Å²) in [4.78, 5) is 32.5. The van der Waals surface area contributed by atoms with Crippen LogP contribution in [0.25, 0.3) is 0 Å². The molecule has 5 heteroatoms. The summed E-state index contributed by atoms with van der Waals surface area (Å²) >= 11 is 0. The van der Waals surface area contributed by atoms with Crippen molar-refractivity contribution in [2.75, 3.05) is 39.3 Å². The number of nitrogens with zero attached hydrogens (tertiary/aromatic N) is 3. The Morgan fingerprint density at radius 3 is 2.23 bits per heavy atom. The van der Waals surface area contributed by atoms with Gasteiger partial charge in [0.05, 0.1) is 6.42 Å². The van der Waals surface area contributed by atoms with E-state index in [1.54, 1.807) is 0 Å². The van der Waals surface area contributed by atoms with Crippen molar-refractivity contribution in [3.63, 3.8) is 0 Å². The molecule has 1 aromatic carbocycles. The highest BCUT2D eigenvalue weighted by Gasteiger charge is 2.31. The van der Waals surface area contributed by atoms with Gasteiger partial charge in [-0.2, -0.15) is 0 Å². The zero-order valence-electron chi connectivity index (χ0n) is 18.3.